The van der Waals surface area contributed by atoms with Gasteiger partial charge in [0.05, 0.1) is 11.3 Å². The highest BCUT2D eigenvalue weighted by molar-refractivity contribution is 6.34. The Labute approximate surface area is 112 Å². The van der Waals surface area contributed by atoms with E-state index in [4.69, 9.17) is 21.8 Å². The van der Waals surface area contributed by atoms with Gasteiger partial charge in [-0.25, -0.2) is 0 Å². The number of hydrogen-bond acceptors (Lipinski definition) is 2. The minimum atomic E-state index is 0.0915. The molecule has 1 heterocycles. The van der Waals surface area contributed by atoms with Crippen molar-refractivity contribution in [3.8, 4) is 0 Å². The number of hydrogen-bond donors (Lipinski definition) is 1. The van der Waals surface area contributed by atoms with Crippen LogP contribution in [0, 0.1) is 0 Å². The second-order valence-corrected chi connectivity index (χ2v) is 5.72. The molecule has 0 aliphatic heterocycles. The van der Waals surface area contributed by atoms with Gasteiger partial charge in [-0.05, 0) is 18.9 Å². The summed E-state index contributed by atoms with van der Waals surface area (Å²) >= 11 is 6.17. The van der Waals surface area contributed by atoms with Gasteiger partial charge in [-0.1, -0.05) is 43.0 Å². The van der Waals surface area contributed by atoms with Crippen molar-refractivity contribution in [3.63, 3.8) is 0 Å². The van der Waals surface area contributed by atoms with Gasteiger partial charge in [-0.2, -0.15) is 0 Å². The van der Waals surface area contributed by atoms with E-state index in [0.717, 1.165) is 23.8 Å². The minimum Gasteiger partial charge on any atom is -0.462 e. The molecular weight excluding hydrogens is 246 g/mol. The van der Waals surface area contributed by atoms with Gasteiger partial charge < -0.3 is 10.2 Å². The fourth-order valence-electron chi connectivity index (χ4n) is 3.24. The third-order valence-corrected chi connectivity index (χ3v) is 4.62. The highest BCUT2D eigenvalue weighted by Gasteiger charge is 2.35. The van der Waals surface area contributed by atoms with E-state index in [2.05, 4.69) is 6.07 Å². The van der Waals surface area contributed by atoms with Crippen LogP contribution in [-0.4, -0.2) is 6.54 Å². The summed E-state index contributed by atoms with van der Waals surface area (Å²) in [6, 6.07) is 5.94. The van der Waals surface area contributed by atoms with Crippen LogP contribution in [0.5, 0.6) is 0 Å². The molecule has 3 rings (SSSR count). The zero-order valence-corrected chi connectivity index (χ0v) is 11.2. The predicted octanol–water partition coefficient (Wildman–Crippen LogP) is 4.25. The first-order valence-corrected chi connectivity index (χ1v) is 7.01. The second kappa shape index (κ2) is 4.60. The molecule has 1 aliphatic rings. The molecule has 2 N–H and O–H groups in total. The van der Waals surface area contributed by atoms with Gasteiger partial charge in [0, 0.05) is 22.9 Å². The number of fused-ring (bicyclic) bond motifs is 1. The summed E-state index contributed by atoms with van der Waals surface area (Å²) in [5, 5.41) is 1.82. The van der Waals surface area contributed by atoms with Crippen molar-refractivity contribution in [2.75, 3.05) is 6.54 Å². The van der Waals surface area contributed by atoms with E-state index < -0.39 is 0 Å². The van der Waals surface area contributed by atoms with Crippen LogP contribution in [-0.2, 0) is 5.41 Å². The first kappa shape index (κ1) is 12.1. The van der Waals surface area contributed by atoms with Gasteiger partial charge in [0.1, 0.15) is 0 Å². The Morgan fingerprint density at radius 3 is 2.72 bits per heavy atom. The van der Waals surface area contributed by atoms with Crippen LogP contribution < -0.4 is 5.73 Å². The molecule has 2 aromatic rings. The third-order valence-electron chi connectivity index (χ3n) is 4.32. The Balaban J connectivity index is 2.15. The first-order chi connectivity index (χ1) is 8.77. The SMILES string of the molecule is NCC1(c2coc3c(Cl)cccc23)CCCCC1. The molecule has 0 spiro atoms. The molecule has 1 saturated carbocycles. The Kier molecular flexibility index (Phi) is 3.08. The zero-order chi connectivity index (χ0) is 12.6. The average molecular weight is 264 g/mol. The Morgan fingerprint density at radius 2 is 2.00 bits per heavy atom. The molecule has 1 aromatic heterocycles. The van der Waals surface area contributed by atoms with E-state index in [1.165, 1.54) is 24.8 Å². The van der Waals surface area contributed by atoms with E-state index >= 15 is 0 Å². The summed E-state index contributed by atoms with van der Waals surface area (Å²) in [5.74, 6) is 0. The lowest BCUT2D eigenvalue weighted by Gasteiger charge is -2.35. The molecule has 96 valence electrons. The number of nitrogens with two attached hydrogens (primary N) is 1. The third kappa shape index (κ3) is 1.75. The van der Waals surface area contributed by atoms with E-state index in [1.54, 1.807) is 0 Å². The molecular formula is C15H18ClNO. The summed E-state index contributed by atoms with van der Waals surface area (Å²) in [6.07, 6.45) is 8.01. The molecule has 0 bridgehead atoms. The number of furan rings is 1. The van der Waals surface area contributed by atoms with Gasteiger partial charge in [0.2, 0.25) is 0 Å². The summed E-state index contributed by atoms with van der Waals surface area (Å²) in [6.45, 7) is 0.689. The van der Waals surface area contributed by atoms with Crippen LogP contribution in [0.15, 0.2) is 28.9 Å². The zero-order valence-electron chi connectivity index (χ0n) is 10.4. The maximum Gasteiger partial charge on any atom is 0.152 e. The minimum absolute atomic E-state index is 0.0915. The molecule has 3 heteroatoms. The van der Waals surface area contributed by atoms with Crippen LogP contribution in [0.1, 0.15) is 37.7 Å². The van der Waals surface area contributed by atoms with Crippen LogP contribution >= 0.6 is 11.6 Å². The van der Waals surface area contributed by atoms with Crippen molar-refractivity contribution in [2.24, 2.45) is 5.73 Å². The molecule has 1 fully saturated rings. The van der Waals surface area contributed by atoms with E-state index in [0.29, 0.717) is 11.6 Å². The van der Waals surface area contributed by atoms with Crippen molar-refractivity contribution < 1.29 is 4.42 Å². The molecule has 0 radical (unpaired) electrons. The lowest BCUT2D eigenvalue weighted by molar-refractivity contribution is 0.300. The summed E-state index contributed by atoms with van der Waals surface area (Å²) in [7, 11) is 0. The fraction of sp³-hybridized carbons (Fsp3) is 0.467. The van der Waals surface area contributed by atoms with Crippen LogP contribution in [0.3, 0.4) is 0 Å². The van der Waals surface area contributed by atoms with E-state index in [1.807, 2.05) is 18.4 Å². The summed E-state index contributed by atoms with van der Waals surface area (Å²) in [4.78, 5) is 0. The Bertz CT molecular complexity index is 555. The molecule has 2 nitrogen and oxygen atoms in total. The lowest BCUT2D eigenvalue weighted by atomic mass is 9.69. The van der Waals surface area contributed by atoms with Gasteiger partial charge >= 0.3 is 0 Å². The van der Waals surface area contributed by atoms with E-state index in [-0.39, 0.29) is 5.41 Å². The number of rotatable bonds is 2. The molecule has 0 saturated heterocycles. The Morgan fingerprint density at radius 1 is 1.22 bits per heavy atom. The maximum absolute atomic E-state index is 6.17. The molecule has 18 heavy (non-hydrogen) atoms. The van der Waals surface area contributed by atoms with Crippen molar-refractivity contribution in [3.05, 3.63) is 35.0 Å². The maximum atomic E-state index is 6.17. The van der Waals surface area contributed by atoms with Crippen molar-refractivity contribution in [1.29, 1.82) is 0 Å². The molecule has 0 unspecified atom stereocenters. The number of para-hydroxylation sites is 1. The molecule has 1 aromatic carbocycles. The van der Waals surface area contributed by atoms with E-state index in [9.17, 15) is 0 Å². The quantitative estimate of drug-likeness (QED) is 0.880. The van der Waals surface area contributed by atoms with Gasteiger partial charge in [0.25, 0.3) is 0 Å². The lowest BCUT2D eigenvalue weighted by Crippen LogP contribution is -2.36. The number of halogens is 1. The smallest absolute Gasteiger partial charge is 0.152 e. The highest BCUT2D eigenvalue weighted by atomic mass is 35.5. The molecule has 0 amide bonds. The largest absolute Gasteiger partial charge is 0.462 e. The average Bonchev–Trinajstić information content (AvgIpc) is 2.85. The molecule has 1 aliphatic carbocycles. The van der Waals surface area contributed by atoms with Crippen molar-refractivity contribution >= 4 is 22.6 Å². The number of benzene rings is 1. The second-order valence-electron chi connectivity index (χ2n) is 5.31. The fourth-order valence-corrected chi connectivity index (χ4v) is 3.46. The van der Waals surface area contributed by atoms with Crippen molar-refractivity contribution in [1.82, 2.24) is 0 Å². The summed E-state index contributed by atoms with van der Waals surface area (Å²) < 4.78 is 5.67. The topological polar surface area (TPSA) is 39.2 Å². The monoisotopic (exact) mass is 263 g/mol. The van der Waals surface area contributed by atoms with Gasteiger partial charge in [-0.3, -0.25) is 0 Å². The predicted molar refractivity (Wildman–Crippen MR) is 75.0 cm³/mol. The molecule has 0 atom stereocenters. The standard InChI is InChI=1S/C15H18ClNO/c16-13-6-4-5-11-12(9-18-14(11)13)15(10-17)7-2-1-3-8-15/h4-6,9H,1-3,7-8,10,17H2. The van der Waals surface area contributed by atoms with Crippen LogP contribution in [0.2, 0.25) is 5.02 Å². The normalized spacial score (nSPS) is 19.2. The van der Waals surface area contributed by atoms with Crippen LogP contribution in [0.25, 0.3) is 11.0 Å². The first-order valence-electron chi connectivity index (χ1n) is 6.63. The van der Waals surface area contributed by atoms with Crippen molar-refractivity contribution in [2.45, 2.75) is 37.5 Å². The van der Waals surface area contributed by atoms with Gasteiger partial charge in [-0.15, -0.1) is 0 Å². The highest BCUT2D eigenvalue weighted by Crippen LogP contribution is 2.43. The summed E-state index contributed by atoms with van der Waals surface area (Å²) in [5.41, 5.74) is 8.23. The van der Waals surface area contributed by atoms with Gasteiger partial charge in [0.15, 0.2) is 5.58 Å². The Hall–Kier alpha value is -0.990. The van der Waals surface area contributed by atoms with Crippen LogP contribution in [0.4, 0.5) is 0 Å².